The molecular formula is C17H16N4OS4. The summed E-state index contributed by atoms with van der Waals surface area (Å²) < 4.78 is 1.69. The monoisotopic (exact) mass is 420 g/mol. The summed E-state index contributed by atoms with van der Waals surface area (Å²) in [7, 11) is 0. The van der Waals surface area contributed by atoms with E-state index in [4.69, 9.17) is 0 Å². The van der Waals surface area contributed by atoms with Crippen LogP contribution in [0, 0.1) is 0 Å². The normalized spacial score (nSPS) is 11.5. The number of hydrogen-bond acceptors (Lipinski definition) is 8. The number of thioether (sulfide) groups is 2. The maximum atomic E-state index is 11.9. The minimum absolute atomic E-state index is 0.153. The van der Waals surface area contributed by atoms with Gasteiger partial charge in [0, 0.05) is 10.6 Å². The quantitative estimate of drug-likeness (QED) is 0.330. The van der Waals surface area contributed by atoms with Crippen LogP contribution in [-0.2, 0) is 10.5 Å². The third-order valence-corrected chi connectivity index (χ3v) is 7.39. The Bertz CT molecular complexity index is 862. The van der Waals surface area contributed by atoms with Crippen LogP contribution in [0.2, 0.25) is 0 Å². The first-order valence-corrected chi connectivity index (χ1v) is 11.4. The molecule has 0 radical (unpaired) electrons. The second-order valence-electron chi connectivity index (χ2n) is 5.11. The van der Waals surface area contributed by atoms with Crippen molar-refractivity contribution in [1.82, 2.24) is 15.6 Å². The van der Waals surface area contributed by atoms with Crippen LogP contribution in [0.1, 0.15) is 17.4 Å². The minimum atomic E-state index is -0.153. The lowest BCUT2D eigenvalue weighted by Crippen LogP contribution is -2.20. The van der Waals surface area contributed by atoms with E-state index in [9.17, 15) is 4.79 Å². The van der Waals surface area contributed by atoms with E-state index in [1.165, 1.54) is 28.7 Å². The van der Waals surface area contributed by atoms with Crippen molar-refractivity contribution in [3.63, 3.8) is 0 Å². The first kappa shape index (κ1) is 19.1. The molecule has 0 spiro atoms. The van der Waals surface area contributed by atoms with E-state index in [1.54, 1.807) is 23.1 Å². The number of hydrazone groups is 1. The third kappa shape index (κ3) is 5.94. The van der Waals surface area contributed by atoms with E-state index in [0.717, 1.165) is 25.0 Å². The third-order valence-electron chi connectivity index (χ3n) is 3.15. The van der Waals surface area contributed by atoms with Gasteiger partial charge in [0.15, 0.2) is 8.68 Å². The van der Waals surface area contributed by atoms with Gasteiger partial charge in [-0.1, -0.05) is 71.3 Å². The molecule has 0 aliphatic heterocycles. The van der Waals surface area contributed by atoms with Crippen molar-refractivity contribution in [3.05, 3.63) is 58.3 Å². The van der Waals surface area contributed by atoms with Crippen LogP contribution in [0.25, 0.3) is 0 Å². The number of amides is 1. The number of nitrogens with one attached hydrogen (secondary N) is 1. The molecule has 134 valence electrons. The summed E-state index contributed by atoms with van der Waals surface area (Å²) in [5.74, 6) is 0.968. The zero-order valence-corrected chi connectivity index (χ0v) is 17.2. The Kier molecular flexibility index (Phi) is 7.24. The SMILES string of the molecule is CC(=NNC(=O)CSc1nnc(SCc2ccccc2)s1)c1cccs1. The van der Waals surface area contributed by atoms with Crippen LogP contribution in [0.15, 0.2) is 61.6 Å². The number of thiophene rings is 1. The largest absolute Gasteiger partial charge is 0.272 e. The number of rotatable bonds is 8. The molecule has 0 saturated heterocycles. The van der Waals surface area contributed by atoms with E-state index in [1.807, 2.05) is 42.6 Å². The minimum Gasteiger partial charge on any atom is -0.272 e. The Balaban J connectivity index is 1.42. The summed E-state index contributed by atoms with van der Waals surface area (Å²) in [6.07, 6.45) is 0. The van der Waals surface area contributed by atoms with E-state index < -0.39 is 0 Å². The molecule has 5 nitrogen and oxygen atoms in total. The summed E-state index contributed by atoms with van der Waals surface area (Å²) in [5, 5.41) is 14.4. The van der Waals surface area contributed by atoms with Gasteiger partial charge >= 0.3 is 0 Å². The Morgan fingerprint density at radius 2 is 1.88 bits per heavy atom. The Morgan fingerprint density at radius 1 is 1.12 bits per heavy atom. The second kappa shape index (κ2) is 9.86. The van der Waals surface area contributed by atoms with Crippen molar-refractivity contribution in [2.45, 2.75) is 21.4 Å². The smallest absolute Gasteiger partial charge is 0.250 e. The molecule has 0 aliphatic carbocycles. The van der Waals surface area contributed by atoms with Gasteiger partial charge in [0.2, 0.25) is 0 Å². The van der Waals surface area contributed by atoms with Gasteiger partial charge in [-0.05, 0) is 23.9 Å². The van der Waals surface area contributed by atoms with Crippen LogP contribution < -0.4 is 5.43 Å². The molecular weight excluding hydrogens is 404 g/mol. The number of aromatic nitrogens is 2. The molecule has 0 unspecified atom stereocenters. The van der Waals surface area contributed by atoms with Crippen LogP contribution in [-0.4, -0.2) is 27.6 Å². The van der Waals surface area contributed by atoms with E-state index in [2.05, 4.69) is 32.9 Å². The molecule has 0 fully saturated rings. The fraction of sp³-hybridized carbons (Fsp3) is 0.176. The molecule has 3 rings (SSSR count). The molecule has 3 aromatic rings. The zero-order valence-electron chi connectivity index (χ0n) is 13.9. The van der Waals surface area contributed by atoms with Gasteiger partial charge in [-0.25, -0.2) is 5.43 Å². The summed E-state index contributed by atoms with van der Waals surface area (Å²) in [6.45, 7) is 1.88. The average molecular weight is 421 g/mol. The van der Waals surface area contributed by atoms with Crippen molar-refractivity contribution in [1.29, 1.82) is 0 Å². The molecule has 1 amide bonds. The van der Waals surface area contributed by atoms with Crippen LogP contribution in [0.5, 0.6) is 0 Å². The van der Waals surface area contributed by atoms with Crippen molar-refractivity contribution in [2.75, 3.05) is 5.75 Å². The summed E-state index contributed by atoms with van der Waals surface area (Å²) in [4.78, 5) is 13.0. The Hall–Kier alpha value is -1.68. The first-order valence-electron chi connectivity index (χ1n) is 7.71. The van der Waals surface area contributed by atoms with E-state index in [-0.39, 0.29) is 11.7 Å². The number of carbonyl (C=O) groups is 1. The number of benzene rings is 1. The maximum Gasteiger partial charge on any atom is 0.250 e. The Morgan fingerprint density at radius 3 is 2.62 bits per heavy atom. The van der Waals surface area contributed by atoms with Gasteiger partial charge in [0.1, 0.15) is 0 Å². The lowest BCUT2D eigenvalue weighted by atomic mass is 10.2. The highest BCUT2D eigenvalue weighted by atomic mass is 32.2. The van der Waals surface area contributed by atoms with Crippen LogP contribution >= 0.6 is 46.2 Å². The molecule has 2 heterocycles. The average Bonchev–Trinajstić information content (AvgIpc) is 3.35. The predicted molar refractivity (Wildman–Crippen MR) is 111 cm³/mol. The lowest BCUT2D eigenvalue weighted by Gasteiger charge is -1.99. The molecule has 0 saturated carbocycles. The fourth-order valence-electron chi connectivity index (χ4n) is 1.88. The van der Waals surface area contributed by atoms with Gasteiger partial charge in [0.05, 0.1) is 11.5 Å². The van der Waals surface area contributed by atoms with E-state index in [0.29, 0.717) is 0 Å². The summed E-state index contributed by atoms with van der Waals surface area (Å²) in [5.41, 5.74) is 4.63. The standard InChI is InChI=1S/C17H16N4OS4/c1-12(14-8-5-9-23-14)18-19-15(22)11-25-17-21-20-16(26-17)24-10-13-6-3-2-4-7-13/h2-9H,10-11H2,1H3,(H,19,22). The molecule has 1 N–H and O–H groups in total. The number of hydrogen-bond donors (Lipinski definition) is 1. The molecule has 0 aliphatic rings. The molecule has 26 heavy (non-hydrogen) atoms. The second-order valence-corrected chi connectivity index (χ2v) is 9.48. The van der Waals surface area contributed by atoms with Crippen molar-refractivity contribution < 1.29 is 4.79 Å². The van der Waals surface area contributed by atoms with Gasteiger partial charge < -0.3 is 0 Å². The first-order chi connectivity index (χ1) is 12.7. The van der Waals surface area contributed by atoms with Crippen LogP contribution in [0.4, 0.5) is 0 Å². The van der Waals surface area contributed by atoms with Gasteiger partial charge in [0.25, 0.3) is 5.91 Å². The topological polar surface area (TPSA) is 67.2 Å². The number of carbonyl (C=O) groups excluding carboxylic acids is 1. The van der Waals surface area contributed by atoms with Gasteiger partial charge in [-0.3, -0.25) is 4.79 Å². The molecule has 0 atom stereocenters. The van der Waals surface area contributed by atoms with Crippen molar-refractivity contribution in [2.24, 2.45) is 5.10 Å². The summed E-state index contributed by atoms with van der Waals surface area (Å²) in [6, 6.07) is 14.2. The maximum absolute atomic E-state index is 11.9. The molecule has 9 heteroatoms. The lowest BCUT2D eigenvalue weighted by molar-refractivity contribution is -0.118. The highest BCUT2D eigenvalue weighted by Crippen LogP contribution is 2.30. The molecule has 1 aromatic carbocycles. The summed E-state index contributed by atoms with van der Waals surface area (Å²) >= 11 is 6.12. The molecule has 0 bridgehead atoms. The highest BCUT2D eigenvalue weighted by Gasteiger charge is 2.09. The van der Waals surface area contributed by atoms with Gasteiger partial charge in [-0.2, -0.15) is 5.10 Å². The Labute approximate surface area is 168 Å². The van der Waals surface area contributed by atoms with Crippen LogP contribution in [0.3, 0.4) is 0 Å². The zero-order chi connectivity index (χ0) is 18.2. The van der Waals surface area contributed by atoms with E-state index >= 15 is 0 Å². The fourth-order valence-corrected chi connectivity index (χ4v) is 5.32. The molecule has 2 aromatic heterocycles. The highest BCUT2D eigenvalue weighted by molar-refractivity contribution is 8.03. The van der Waals surface area contributed by atoms with Crippen molar-refractivity contribution >= 4 is 57.8 Å². The predicted octanol–water partition coefficient (Wildman–Crippen LogP) is 4.52. The number of nitrogens with zero attached hydrogens (tertiary/aromatic N) is 3. The van der Waals surface area contributed by atoms with Crippen molar-refractivity contribution in [3.8, 4) is 0 Å². The van der Waals surface area contributed by atoms with Gasteiger partial charge in [-0.15, -0.1) is 21.5 Å².